The Hall–Kier alpha value is -0.0401. The first-order valence-corrected chi connectivity index (χ1v) is 3.94. The molecule has 0 fully saturated rings. The van der Waals surface area contributed by atoms with Crippen LogP contribution in [0.15, 0.2) is 0 Å². The van der Waals surface area contributed by atoms with Crippen molar-refractivity contribution in [3.63, 3.8) is 0 Å². The van der Waals surface area contributed by atoms with Crippen LogP contribution in [-0.4, -0.2) is 22.0 Å². The van der Waals surface area contributed by atoms with Crippen LogP contribution in [0.3, 0.4) is 0 Å². The quantitative estimate of drug-likeness (QED) is 0.391. The highest BCUT2D eigenvalue weighted by atomic mass is 31.2. The smallest absolute Gasteiger partial charge is 0.292 e. The van der Waals surface area contributed by atoms with Gasteiger partial charge in [-0.05, 0) is 0 Å². The number of halogens is 4. The van der Waals surface area contributed by atoms with E-state index in [1.54, 1.807) is 0 Å². The molecule has 0 radical (unpaired) electrons. The summed E-state index contributed by atoms with van der Waals surface area (Å²) in [6.07, 6.45) is 0. The highest BCUT2D eigenvalue weighted by molar-refractivity contribution is 7.51. The Bertz CT molecular complexity index is 162. The van der Waals surface area contributed by atoms with E-state index in [9.17, 15) is 21.8 Å². The van der Waals surface area contributed by atoms with E-state index in [2.05, 4.69) is 13.4 Å². The molecule has 0 N–H and O–H groups in total. The second kappa shape index (κ2) is 4.86. The largest absolute Gasteiger partial charge is 0.729 e. The lowest BCUT2D eigenvalue weighted by atomic mass is 10.4. The SMILES string of the molecule is COP(=O)(OB(F)F)OB(F)F. The van der Waals surface area contributed by atoms with E-state index in [1.165, 1.54) is 0 Å². The Labute approximate surface area is 66.2 Å². The van der Waals surface area contributed by atoms with Crippen molar-refractivity contribution in [3.8, 4) is 0 Å². The molecule has 0 aliphatic carbocycles. The maximum absolute atomic E-state index is 11.4. The molecule has 0 aromatic rings. The molecular formula is CH3B2F4O4P. The van der Waals surface area contributed by atoms with Crippen molar-refractivity contribution in [2.24, 2.45) is 0 Å². The molecule has 0 aromatic heterocycles. The van der Waals surface area contributed by atoms with E-state index in [4.69, 9.17) is 0 Å². The average molecular weight is 208 g/mol. The third-order valence-electron chi connectivity index (χ3n) is 0.641. The third kappa shape index (κ3) is 4.76. The van der Waals surface area contributed by atoms with Gasteiger partial charge >= 0.3 is 22.8 Å². The molecule has 0 aliphatic heterocycles. The molecule has 0 spiro atoms. The second-order valence-corrected chi connectivity index (χ2v) is 3.04. The highest BCUT2D eigenvalue weighted by Crippen LogP contribution is 2.50. The molecule has 0 heterocycles. The summed E-state index contributed by atoms with van der Waals surface area (Å²) in [5.74, 6) is 0. The summed E-state index contributed by atoms with van der Waals surface area (Å²) in [6, 6.07) is 0. The van der Waals surface area contributed by atoms with Gasteiger partial charge in [0, 0.05) is 7.11 Å². The molecule has 0 amide bonds. The van der Waals surface area contributed by atoms with Gasteiger partial charge in [0.2, 0.25) is 0 Å². The van der Waals surface area contributed by atoms with Crippen LogP contribution in [0.2, 0.25) is 0 Å². The van der Waals surface area contributed by atoms with Crippen molar-refractivity contribution in [3.05, 3.63) is 0 Å². The van der Waals surface area contributed by atoms with E-state index in [0.717, 1.165) is 0 Å². The summed E-state index contributed by atoms with van der Waals surface area (Å²) in [5.41, 5.74) is 0. The van der Waals surface area contributed by atoms with Crippen LogP contribution in [0.25, 0.3) is 0 Å². The minimum Gasteiger partial charge on any atom is -0.292 e. The Morgan fingerprint density at radius 1 is 1.08 bits per heavy atom. The van der Waals surface area contributed by atoms with Crippen LogP contribution in [0.1, 0.15) is 0 Å². The molecular weight excluding hydrogens is 205 g/mol. The summed E-state index contributed by atoms with van der Waals surface area (Å²) in [7, 11) is -11.2. The number of phosphoric acid groups is 1. The van der Waals surface area contributed by atoms with Crippen molar-refractivity contribution >= 4 is 22.8 Å². The first-order valence-electron chi connectivity index (χ1n) is 2.48. The molecule has 0 rings (SSSR count). The van der Waals surface area contributed by atoms with Gasteiger partial charge < -0.3 is 0 Å². The van der Waals surface area contributed by atoms with Gasteiger partial charge in [-0.2, -0.15) is 0 Å². The summed E-state index contributed by atoms with van der Waals surface area (Å²) >= 11 is 0. The van der Waals surface area contributed by atoms with E-state index in [1.807, 2.05) is 0 Å². The van der Waals surface area contributed by atoms with Crippen LogP contribution in [0.5, 0.6) is 0 Å². The Kier molecular flexibility index (Phi) is 4.84. The minimum absolute atomic E-state index is 0.644. The van der Waals surface area contributed by atoms with E-state index < -0.39 is 22.8 Å². The Balaban J connectivity index is 4.15. The number of hydrogen-bond donors (Lipinski definition) is 0. The standard InChI is InChI=1S/CH3B2F4O4P/c1-9-12(8,10-2(4)5)11-3(6)7/h1H3. The number of hydrogen-bond acceptors (Lipinski definition) is 4. The van der Waals surface area contributed by atoms with Gasteiger partial charge in [-0.1, -0.05) is 0 Å². The normalized spacial score (nSPS) is 11.4. The van der Waals surface area contributed by atoms with Crippen LogP contribution in [-0.2, 0) is 18.0 Å². The van der Waals surface area contributed by atoms with Crippen LogP contribution in [0.4, 0.5) is 17.3 Å². The molecule has 0 aromatic carbocycles. The molecule has 0 atom stereocenters. The first-order chi connectivity index (χ1) is 5.39. The molecule has 12 heavy (non-hydrogen) atoms. The summed E-state index contributed by atoms with van der Waals surface area (Å²) in [6.45, 7) is 0. The van der Waals surface area contributed by atoms with E-state index in [0.29, 0.717) is 7.11 Å². The highest BCUT2D eigenvalue weighted by Gasteiger charge is 2.39. The van der Waals surface area contributed by atoms with Crippen LogP contribution in [0, 0.1) is 0 Å². The van der Waals surface area contributed by atoms with Crippen molar-refractivity contribution in [2.75, 3.05) is 7.11 Å². The van der Waals surface area contributed by atoms with Gasteiger partial charge in [0.1, 0.15) is 0 Å². The summed E-state index contributed by atoms with van der Waals surface area (Å²) in [5, 5.41) is 0. The Morgan fingerprint density at radius 2 is 1.42 bits per heavy atom. The Morgan fingerprint density at radius 3 is 1.58 bits per heavy atom. The molecule has 4 nitrogen and oxygen atoms in total. The fraction of sp³-hybridized carbons (Fsp3) is 1.00. The van der Waals surface area contributed by atoms with Gasteiger partial charge in [0.05, 0.1) is 0 Å². The van der Waals surface area contributed by atoms with Gasteiger partial charge in [-0.25, -0.2) is 4.57 Å². The van der Waals surface area contributed by atoms with Gasteiger partial charge in [-0.15, -0.1) is 0 Å². The monoisotopic (exact) mass is 208 g/mol. The number of rotatable bonds is 5. The van der Waals surface area contributed by atoms with Crippen LogP contribution >= 0.6 is 7.82 Å². The predicted octanol–water partition coefficient (Wildman–Crippen LogP) is 1.62. The van der Waals surface area contributed by atoms with Crippen molar-refractivity contribution in [1.29, 1.82) is 0 Å². The minimum atomic E-state index is -4.81. The fourth-order valence-corrected chi connectivity index (χ4v) is 0.918. The summed E-state index contributed by atoms with van der Waals surface area (Å²) in [4.78, 5) is 0. The fourth-order valence-electron chi connectivity index (χ4n) is 0.306. The molecule has 70 valence electrons. The second-order valence-electron chi connectivity index (χ2n) is 1.36. The van der Waals surface area contributed by atoms with Gasteiger partial charge in [0.25, 0.3) is 0 Å². The molecule has 11 heteroatoms. The van der Waals surface area contributed by atoms with E-state index >= 15 is 0 Å². The predicted molar refractivity (Wildman–Crippen MR) is 32.7 cm³/mol. The lowest BCUT2D eigenvalue weighted by molar-refractivity contribution is 0.219. The zero-order valence-electron chi connectivity index (χ0n) is 5.75. The van der Waals surface area contributed by atoms with Crippen molar-refractivity contribution in [2.45, 2.75) is 0 Å². The lowest BCUT2D eigenvalue weighted by Crippen LogP contribution is -2.11. The van der Waals surface area contributed by atoms with Crippen molar-refractivity contribution < 1.29 is 35.2 Å². The molecule has 0 saturated carbocycles. The maximum Gasteiger partial charge on any atom is 0.729 e. The lowest BCUT2D eigenvalue weighted by Gasteiger charge is -2.12. The molecule has 0 saturated heterocycles. The van der Waals surface area contributed by atoms with Crippen molar-refractivity contribution in [1.82, 2.24) is 0 Å². The topological polar surface area (TPSA) is 44.8 Å². The van der Waals surface area contributed by atoms with Gasteiger partial charge in [-0.3, -0.25) is 30.7 Å². The zero-order chi connectivity index (χ0) is 9.78. The van der Waals surface area contributed by atoms with E-state index in [-0.39, 0.29) is 0 Å². The van der Waals surface area contributed by atoms with Gasteiger partial charge in [0.15, 0.2) is 0 Å². The zero-order valence-corrected chi connectivity index (χ0v) is 6.64. The maximum atomic E-state index is 11.4. The first kappa shape index (κ1) is 12.0. The molecule has 0 aliphatic rings. The average Bonchev–Trinajstić information content (AvgIpc) is 1.83. The van der Waals surface area contributed by atoms with Crippen LogP contribution < -0.4 is 0 Å². The molecule has 0 bridgehead atoms. The third-order valence-corrected chi connectivity index (χ3v) is 1.92. The molecule has 0 unspecified atom stereocenters. The summed E-state index contributed by atoms with van der Waals surface area (Å²) < 4.78 is 66.2.